The Hall–Kier alpha value is -1.56. The van der Waals surface area contributed by atoms with Crippen LogP contribution in [0.25, 0.3) is 0 Å². The van der Waals surface area contributed by atoms with E-state index < -0.39 is 0 Å². The van der Waals surface area contributed by atoms with Gasteiger partial charge in [-0.15, -0.1) is 0 Å². The molecule has 0 radical (unpaired) electrons. The van der Waals surface area contributed by atoms with Crippen molar-refractivity contribution in [2.24, 2.45) is 5.84 Å². The number of nitrogens with zero attached hydrogens (tertiary/aromatic N) is 2. The van der Waals surface area contributed by atoms with Crippen molar-refractivity contribution in [2.45, 2.75) is 45.8 Å². The minimum Gasteiger partial charge on any atom is -0.487 e. The predicted molar refractivity (Wildman–Crippen MR) is 64.2 cm³/mol. The summed E-state index contributed by atoms with van der Waals surface area (Å²) in [5, 5.41) is 4.16. The van der Waals surface area contributed by atoms with Crippen molar-refractivity contribution in [3.8, 4) is 5.75 Å². The van der Waals surface area contributed by atoms with E-state index in [2.05, 4.69) is 17.4 Å². The Bertz CT molecular complexity index is 351. The van der Waals surface area contributed by atoms with Crippen LogP contribution in [0.2, 0.25) is 0 Å². The average molecular weight is 240 g/mol. The van der Waals surface area contributed by atoms with Crippen LogP contribution in [0.1, 0.15) is 33.1 Å². The molecule has 0 aromatic carbocycles. The largest absolute Gasteiger partial charge is 0.487 e. The van der Waals surface area contributed by atoms with Crippen LogP contribution >= 0.6 is 0 Å². The van der Waals surface area contributed by atoms with Gasteiger partial charge in [-0.2, -0.15) is 5.10 Å². The highest BCUT2D eigenvalue weighted by atomic mass is 16.5. The predicted octanol–water partition coefficient (Wildman–Crippen LogP) is 0.831. The van der Waals surface area contributed by atoms with E-state index in [4.69, 9.17) is 10.6 Å². The van der Waals surface area contributed by atoms with E-state index in [1.807, 2.05) is 17.8 Å². The molecule has 1 aromatic heterocycles. The van der Waals surface area contributed by atoms with Crippen molar-refractivity contribution in [3.05, 3.63) is 12.4 Å². The summed E-state index contributed by atoms with van der Waals surface area (Å²) in [6, 6.07) is 0. The lowest BCUT2D eigenvalue weighted by Crippen LogP contribution is -2.30. The first-order valence-corrected chi connectivity index (χ1v) is 5.84. The number of aryl methyl sites for hydroxylation is 1. The lowest BCUT2D eigenvalue weighted by atomic mass is 10.2. The number of aromatic nitrogens is 2. The van der Waals surface area contributed by atoms with Crippen LogP contribution in [-0.2, 0) is 11.3 Å². The van der Waals surface area contributed by atoms with E-state index >= 15 is 0 Å². The SMILES string of the molecule is CCCn1cc(OC(C)CCC(=O)NN)cn1. The van der Waals surface area contributed by atoms with Crippen molar-refractivity contribution in [1.29, 1.82) is 0 Å². The molecular formula is C11H20N4O2. The molecule has 17 heavy (non-hydrogen) atoms. The summed E-state index contributed by atoms with van der Waals surface area (Å²) in [7, 11) is 0. The van der Waals surface area contributed by atoms with E-state index in [0.717, 1.165) is 18.7 Å². The third kappa shape index (κ3) is 4.86. The van der Waals surface area contributed by atoms with Crippen LogP contribution in [-0.4, -0.2) is 21.8 Å². The molecule has 0 aliphatic rings. The van der Waals surface area contributed by atoms with Gasteiger partial charge in [0.05, 0.1) is 18.5 Å². The number of nitrogens with two attached hydrogens (primary N) is 1. The first-order valence-electron chi connectivity index (χ1n) is 5.84. The molecule has 0 spiro atoms. The molecule has 3 N–H and O–H groups in total. The molecule has 0 saturated carbocycles. The third-order valence-electron chi connectivity index (χ3n) is 2.34. The number of hydrogen-bond acceptors (Lipinski definition) is 4. The molecular weight excluding hydrogens is 220 g/mol. The summed E-state index contributed by atoms with van der Waals surface area (Å²) in [6.45, 7) is 4.89. The molecule has 1 rings (SSSR count). The van der Waals surface area contributed by atoms with Crippen LogP contribution in [0, 0.1) is 0 Å². The lowest BCUT2D eigenvalue weighted by Gasteiger charge is -2.12. The molecule has 1 heterocycles. The Morgan fingerprint density at radius 2 is 2.47 bits per heavy atom. The summed E-state index contributed by atoms with van der Waals surface area (Å²) >= 11 is 0. The van der Waals surface area contributed by atoms with E-state index in [1.54, 1.807) is 6.20 Å². The zero-order valence-corrected chi connectivity index (χ0v) is 10.3. The fraction of sp³-hybridized carbons (Fsp3) is 0.636. The first-order chi connectivity index (χ1) is 8.15. The summed E-state index contributed by atoms with van der Waals surface area (Å²) in [5.74, 6) is 5.55. The average Bonchev–Trinajstić information content (AvgIpc) is 2.74. The van der Waals surface area contributed by atoms with Crippen LogP contribution in [0.3, 0.4) is 0 Å². The van der Waals surface area contributed by atoms with Crippen molar-refractivity contribution in [2.75, 3.05) is 0 Å². The van der Waals surface area contributed by atoms with Gasteiger partial charge in [0, 0.05) is 13.0 Å². The minimum atomic E-state index is -0.179. The monoisotopic (exact) mass is 240 g/mol. The van der Waals surface area contributed by atoms with Gasteiger partial charge in [-0.05, 0) is 19.8 Å². The number of hydrazine groups is 1. The van der Waals surface area contributed by atoms with Crippen molar-refractivity contribution in [3.63, 3.8) is 0 Å². The van der Waals surface area contributed by atoms with Gasteiger partial charge in [0.25, 0.3) is 0 Å². The van der Waals surface area contributed by atoms with Gasteiger partial charge in [-0.25, -0.2) is 5.84 Å². The van der Waals surface area contributed by atoms with E-state index in [9.17, 15) is 4.79 Å². The van der Waals surface area contributed by atoms with Crippen molar-refractivity contribution >= 4 is 5.91 Å². The van der Waals surface area contributed by atoms with Gasteiger partial charge in [-0.1, -0.05) is 6.92 Å². The van der Waals surface area contributed by atoms with Crippen molar-refractivity contribution in [1.82, 2.24) is 15.2 Å². The summed E-state index contributed by atoms with van der Waals surface area (Å²) in [4.78, 5) is 10.9. The van der Waals surface area contributed by atoms with E-state index in [-0.39, 0.29) is 12.0 Å². The molecule has 96 valence electrons. The molecule has 0 saturated heterocycles. The molecule has 0 bridgehead atoms. The number of ether oxygens (including phenoxy) is 1. The number of amides is 1. The lowest BCUT2D eigenvalue weighted by molar-refractivity contribution is -0.121. The van der Waals surface area contributed by atoms with Crippen LogP contribution in [0.15, 0.2) is 12.4 Å². The summed E-state index contributed by atoms with van der Waals surface area (Å²) < 4.78 is 7.47. The number of carbonyl (C=O) groups excluding carboxylic acids is 1. The number of hydrogen-bond donors (Lipinski definition) is 2. The zero-order valence-electron chi connectivity index (χ0n) is 10.3. The van der Waals surface area contributed by atoms with Gasteiger partial charge in [0.15, 0.2) is 5.75 Å². The van der Waals surface area contributed by atoms with Crippen LogP contribution < -0.4 is 16.0 Å². The maximum Gasteiger partial charge on any atom is 0.234 e. The topological polar surface area (TPSA) is 82.2 Å². The van der Waals surface area contributed by atoms with E-state index in [1.165, 1.54) is 0 Å². The minimum absolute atomic E-state index is 0.0356. The van der Waals surface area contributed by atoms with Gasteiger partial charge in [0.1, 0.15) is 0 Å². The highest BCUT2D eigenvalue weighted by Crippen LogP contribution is 2.13. The van der Waals surface area contributed by atoms with E-state index in [0.29, 0.717) is 12.8 Å². The molecule has 1 atom stereocenters. The maximum absolute atomic E-state index is 10.9. The standard InChI is InChI=1S/C11H20N4O2/c1-3-6-15-8-10(7-13-15)17-9(2)4-5-11(16)14-12/h7-9H,3-6,12H2,1-2H3,(H,14,16). The quantitative estimate of drug-likeness (QED) is 0.420. The van der Waals surface area contributed by atoms with Gasteiger partial charge >= 0.3 is 0 Å². The molecule has 1 aromatic rings. The van der Waals surface area contributed by atoms with Crippen LogP contribution in [0.4, 0.5) is 0 Å². The normalized spacial score (nSPS) is 12.2. The molecule has 0 aliphatic heterocycles. The Morgan fingerprint density at radius 3 is 3.12 bits per heavy atom. The fourth-order valence-corrected chi connectivity index (χ4v) is 1.45. The Balaban J connectivity index is 2.34. The molecule has 6 heteroatoms. The zero-order chi connectivity index (χ0) is 12.7. The molecule has 0 aliphatic carbocycles. The summed E-state index contributed by atoms with van der Waals surface area (Å²) in [6.07, 6.45) is 5.54. The second kappa shape index (κ2) is 6.90. The molecule has 0 fully saturated rings. The maximum atomic E-state index is 10.9. The number of rotatable bonds is 7. The van der Waals surface area contributed by atoms with Gasteiger partial charge in [-0.3, -0.25) is 14.9 Å². The Labute approximate surface area is 101 Å². The first kappa shape index (κ1) is 13.5. The third-order valence-corrected chi connectivity index (χ3v) is 2.34. The molecule has 1 unspecified atom stereocenters. The second-order valence-corrected chi connectivity index (χ2v) is 3.97. The molecule has 6 nitrogen and oxygen atoms in total. The fourth-order valence-electron chi connectivity index (χ4n) is 1.45. The highest BCUT2D eigenvalue weighted by Gasteiger charge is 2.08. The van der Waals surface area contributed by atoms with Crippen LogP contribution in [0.5, 0.6) is 5.75 Å². The highest BCUT2D eigenvalue weighted by molar-refractivity contribution is 5.75. The Morgan fingerprint density at radius 1 is 1.71 bits per heavy atom. The number of nitrogens with one attached hydrogen (secondary N) is 1. The molecule has 1 amide bonds. The van der Waals surface area contributed by atoms with Gasteiger partial charge < -0.3 is 4.74 Å². The second-order valence-electron chi connectivity index (χ2n) is 3.97. The summed E-state index contributed by atoms with van der Waals surface area (Å²) in [5.41, 5.74) is 2.09. The number of carbonyl (C=O) groups is 1. The smallest absolute Gasteiger partial charge is 0.234 e. The van der Waals surface area contributed by atoms with Gasteiger partial charge in [0.2, 0.25) is 5.91 Å². The Kier molecular flexibility index (Phi) is 5.48. The van der Waals surface area contributed by atoms with Crippen molar-refractivity contribution < 1.29 is 9.53 Å².